The zero-order chi connectivity index (χ0) is 27.6. The largest absolute Gasteiger partial charge is 0.494 e. The molecule has 0 unspecified atom stereocenters. The molecule has 0 aliphatic rings. The second kappa shape index (κ2) is 13.5. The van der Waals surface area contributed by atoms with Crippen molar-refractivity contribution in [2.45, 2.75) is 65.5 Å². The van der Waals surface area contributed by atoms with Gasteiger partial charge < -0.3 is 15.0 Å². The number of sulfonamides is 1. The molecule has 37 heavy (non-hydrogen) atoms. The topological polar surface area (TPSA) is 96.0 Å². The molecule has 1 N–H and O–H groups in total. The van der Waals surface area contributed by atoms with Gasteiger partial charge in [0.1, 0.15) is 11.8 Å². The lowest BCUT2D eigenvalue weighted by molar-refractivity contribution is -0.140. The van der Waals surface area contributed by atoms with Crippen LogP contribution in [-0.2, 0) is 26.0 Å². The number of carbonyl (C=O) groups is 2. The molecule has 0 heterocycles. The molecular formula is C28H41N3O5S. The number of nitrogens with one attached hydrogen (secondary N) is 1. The highest BCUT2D eigenvalue weighted by atomic mass is 32.2. The van der Waals surface area contributed by atoms with Gasteiger partial charge in [-0.05, 0) is 77.3 Å². The molecule has 2 aromatic rings. The van der Waals surface area contributed by atoms with Crippen LogP contribution in [0.4, 0.5) is 5.69 Å². The number of nitrogens with zero attached hydrogens (tertiary/aromatic N) is 2. The van der Waals surface area contributed by atoms with Crippen molar-refractivity contribution >= 4 is 27.5 Å². The fourth-order valence-corrected chi connectivity index (χ4v) is 4.89. The molecule has 0 saturated heterocycles. The van der Waals surface area contributed by atoms with Crippen molar-refractivity contribution in [3.8, 4) is 5.75 Å². The molecule has 0 aromatic heterocycles. The van der Waals surface area contributed by atoms with Crippen LogP contribution >= 0.6 is 0 Å². The number of ether oxygens (including phenoxy) is 1. The van der Waals surface area contributed by atoms with Crippen molar-refractivity contribution in [1.29, 1.82) is 0 Å². The van der Waals surface area contributed by atoms with Crippen LogP contribution in [0.15, 0.2) is 54.6 Å². The number of hydrogen-bond donors (Lipinski definition) is 1. The van der Waals surface area contributed by atoms with E-state index in [2.05, 4.69) is 5.32 Å². The maximum atomic E-state index is 13.3. The van der Waals surface area contributed by atoms with Crippen molar-refractivity contribution in [2.75, 3.05) is 30.3 Å². The van der Waals surface area contributed by atoms with Gasteiger partial charge in [-0.3, -0.25) is 13.9 Å². The van der Waals surface area contributed by atoms with Gasteiger partial charge in [0.05, 0.1) is 18.6 Å². The number of benzene rings is 2. The van der Waals surface area contributed by atoms with Gasteiger partial charge in [-0.15, -0.1) is 0 Å². The molecule has 0 saturated carbocycles. The second-order valence-corrected chi connectivity index (χ2v) is 12.0. The minimum absolute atomic E-state index is 0.116. The van der Waals surface area contributed by atoms with Crippen LogP contribution in [0.25, 0.3) is 0 Å². The molecule has 0 radical (unpaired) electrons. The molecule has 0 spiro atoms. The SMILES string of the molecule is CCOc1ccc(N(CCCC(=O)N(CCc2ccccc2)[C@@H](C)C(=O)NC(C)(C)C)S(C)(=O)=O)cc1. The smallest absolute Gasteiger partial charge is 0.242 e. The number of amides is 2. The third-order valence-corrected chi connectivity index (χ3v) is 6.93. The van der Waals surface area contributed by atoms with Crippen molar-refractivity contribution in [2.24, 2.45) is 0 Å². The summed E-state index contributed by atoms with van der Waals surface area (Å²) in [5.74, 6) is 0.250. The average Bonchev–Trinajstić information content (AvgIpc) is 2.81. The molecule has 0 bridgehead atoms. The van der Waals surface area contributed by atoms with Crippen molar-refractivity contribution in [3.05, 3.63) is 60.2 Å². The number of hydrogen-bond acceptors (Lipinski definition) is 5. The fraction of sp³-hybridized carbons (Fsp3) is 0.500. The molecule has 2 rings (SSSR count). The van der Waals surface area contributed by atoms with Crippen LogP contribution < -0.4 is 14.4 Å². The summed E-state index contributed by atoms with van der Waals surface area (Å²) >= 11 is 0. The summed E-state index contributed by atoms with van der Waals surface area (Å²) < 4.78 is 31.7. The molecular weight excluding hydrogens is 490 g/mol. The highest BCUT2D eigenvalue weighted by Crippen LogP contribution is 2.22. The monoisotopic (exact) mass is 531 g/mol. The van der Waals surface area contributed by atoms with E-state index in [-0.39, 0.29) is 24.8 Å². The van der Waals surface area contributed by atoms with Crippen LogP contribution in [0.1, 0.15) is 53.0 Å². The Morgan fingerprint density at radius 2 is 1.62 bits per heavy atom. The van der Waals surface area contributed by atoms with Crippen molar-refractivity contribution in [3.63, 3.8) is 0 Å². The summed E-state index contributed by atoms with van der Waals surface area (Å²) in [5.41, 5.74) is 1.16. The number of rotatable bonds is 13. The molecule has 0 fully saturated rings. The van der Waals surface area contributed by atoms with Crippen LogP contribution in [-0.4, -0.2) is 62.7 Å². The van der Waals surface area contributed by atoms with Crippen LogP contribution in [0, 0.1) is 0 Å². The summed E-state index contributed by atoms with van der Waals surface area (Å²) in [5, 5.41) is 2.95. The Labute approximate surface area is 222 Å². The van der Waals surface area contributed by atoms with E-state index in [0.717, 1.165) is 11.8 Å². The van der Waals surface area contributed by atoms with Gasteiger partial charge in [0.15, 0.2) is 0 Å². The molecule has 2 aromatic carbocycles. The number of anilines is 1. The Hall–Kier alpha value is -3.07. The van der Waals surface area contributed by atoms with Gasteiger partial charge >= 0.3 is 0 Å². The molecule has 0 aliphatic heterocycles. The summed E-state index contributed by atoms with van der Waals surface area (Å²) in [7, 11) is -3.55. The summed E-state index contributed by atoms with van der Waals surface area (Å²) in [6, 6.07) is 16.0. The standard InChI is InChI=1S/C28H41N3O5S/c1-7-36-25-17-15-24(16-18-25)31(37(6,34)35)20-11-14-26(32)30(21-19-23-12-9-8-10-13-23)22(2)27(33)29-28(3,4)5/h8-10,12-13,15-18,22H,7,11,14,19-21H2,1-6H3,(H,29,33)/t22-/m0/s1. The van der Waals surface area contributed by atoms with Gasteiger partial charge in [0, 0.05) is 25.0 Å². The molecule has 9 heteroatoms. The minimum Gasteiger partial charge on any atom is -0.494 e. The zero-order valence-electron chi connectivity index (χ0n) is 22.9. The number of carbonyl (C=O) groups excluding carboxylic acids is 2. The fourth-order valence-electron chi connectivity index (χ4n) is 3.92. The molecule has 1 atom stereocenters. The van der Waals surface area contributed by atoms with E-state index in [1.807, 2.05) is 58.0 Å². The zero-order valence-corrected chi connectivity index (χ0v) is 23.7. The van der Waals surface area contributed by atoms with Crippen molar-refractivity contribution < 1.29 is 22.7 Å². The second-order valence-electron chi connectivity index (χ2n) is 10.1. The van der Waals surface area contributed by atoms with E-state index in [1.54, 1.807) is 36.1 Å². The van der Waals surface area contributed by atoms with Crippen LogP contribution in [0.5, 0.6) is 5.75 Å². The highest BCUT2D eigenvalue weighted by Gasteiger charge is 2.28. The summed E-state index contributed by atoms with van der Waals surface area (Å²) in [6.45, 7) is 10.3. The lowest BCUT2D eigenvalue weighted by Crippen LogP contribution is -2.53. The predicted octanol–water partition coefficient (Wildman–Crippen LogP) is 4.01. The molecule has 0 aliphatic carbocycles. The Balaban J connectivity index is 2.12. The first kappa shape index (κ1) is 30.2. The maximum Gasteiger partial charge on any atom is 0.242 e. The van der Waals surface area contributed by atoms with Gasteiger partial charge in [-0.2, -0.15) is 0 Å². The molecule has 2 amide bonds. The van der Waals surface area contributed by atoms with Crippen molar-refractivity contribution in [1.82, 2.24) is 10.2 Å². The van der Waals surface area contributed by atoms with Gasteiger partial charge in [0.2, 0.25) is 21.8 Å². The lowest BCUT2D eigenvalue weighted by atomic mass is 10.1. The van der Waals surface area contributed by atoms with E-state index < -0.39 is 21.6 Å². The molecule has 8 nitrogen and oxygen atoms in total. The van der Waals surface area contributed by atoms with E-state index >= 15 is 0 Å². The summed E-state index contributed by atoms with van der Waals surface area (Å²) in [4.78, 5) is 27.8. The van der Waals surface area contributed by atoms with E-state index in [0.29, 0.717) is 37.4 Å². The van der Waals surface area contributed by atoms with E-state index in [4.69, 9.17) is 4.74 Å². The lowest BCUT2D eigenvalue weighted by Gasteiger charge is -2.32. The highest BCUT2D eigenvalue weighted by molar-refractivity contribution is 7.92. The van der Waals surface area contributed by atoms with E-state index in [1.165, 1.54) is 4.31 Å². The first-order valence-electron chi connectivity index (χ1n) is 12.7. The predicted molar refractivity (Wildman–Crippen MR) is 148 cm³/mol. The van der Waals surface area contributed by atoms with Crippen LogP contribution in [0.2, 0.25) is 0 Å². The molecule has 204 valence electrons. The third kappa shape index (κ3) is 10.1. The van der Waals surface area contributed by atoms with Gasteiger partial charge in [-0.25, -0.2) is 8.42 Å². The Bertz CT molecular complexity index is 1110. The van der Waals surface area contributed by atoms with Gasteiger partial charge in [0.25, 0.3) is 0 Å². The normalized spacial score (nSPS) is 12.5. The van der Waals surface area contributed by atoms with Gasteiger partial charge in [-0.1, -0.05) is 30.3 Å². The quantitative estimate of drug-likeness (QED) is 0.421. The van der Waals surface area contributed by atoms with Crippen LogP contribution in [0.3, 0.4) is 0 Å². The summed E-state index contributed by atoms with van der Waals surface area (Å²) in [6.07, 6.45) is 2.19. The first-order chi connectivity index (χ1) is 17.3. The minimum atomic E-state index is -3.55. The Morgan fingerprint density at radius 3 is 2.16 bits per heavy atom. The maximum absolute atomic E-state index is 13.3. The average molecular weight is 532 g/mol. The third-order valence-electron chi connectivity index (χ3n) is 5.74. The first-order valence-corrected chi connectivity index (χ1v) is 14.5. The van der Waals surface area contributed by atoms with E-state index in [9.17, 15) is 18.0 Å². The Kier molecular flexibility index (Phi) is 11.0. The Morgan fingerprint density at radius 1 is 1.00 bits per heavy atom.